The smallest absolute Gasteiger partial charge is 0.246 e. The molecule has 2 atom stereocenters. The van der Waals surface area contributed by atoms with Crippen LogP contribution in [0.2, 0.25) is 5.02 Å². The number of methoxy groups -OCH3 is 1. The minimum atomic E-state index is -0.966. The first-order valence-electron chi connectivity index (χ1n) is 10.9. The van der Waals surface area contributed by atoms with Crippen LogP contribution in [-0.2, 0) is 9.59 Å². The van der Waals surface area contributed by atoms with Crippen LogP contribution in [0.5, 0.6) is 11.5 Å². The molecule has 3 aromatic rings. The fraction of sp³-hybridized carbons (Fsp3) is 0.250. The highest BCUT2D eigenvalue weighted by molar-refractivity contribution is 6.31. The maximum Gasteiger partial charge on any atom is 0.246 e. The van der Waals surface area contributed by atoms with E-state index in [1.165, 1.54) is 24.4 Å². The molecule has 3 N–H and O–H groups in total. The molecule has 0 bridgehead atoms. The number of ether oxygens (including phenoxy) is 2. The number of carbonyl (C=O) groups is 2. The van der Waals surface area contributed by atoms with Crippen molar-refractivity contribution in [2.45, 2.75) is 25.0 Å². The van der Waals surface area contributed by atoms with E-state index < -0.39 is 34.7 Å². The lowest BCUT2D eigenvalue weighted by Gasteiger charge is -2.37. The van der Waals surface area contributed by atoms with E-state index in [4.69, 9.17) is 26.8 Å². The fourth-order valence-corrected chi connectivity index (χ4v) is 4.20. The molecular weight excluding hydrogens is 496 g/mol. The summed E-state index contributed by atoms with van der Waals surface area (Å²) in [4.78, 5) is 33.9. The number of halogens is 3. The van der Waals surface area contributed by atoms with E-state index in [9.17, 15) is 18.4 Å². The molecular formula is C24H22ClF2N5O4. The number of hydrogen-bond donors (Lipinski definition) is 2. The number of amides is 2. The molecule has 2 amide bonds. The summed E-state index contributed by atoms with van der Waals surface area (Å²) in [6, 6.07) is 4.61. The number of benzene rings is 2. The van der Waals surface area contributed by atoms with Crippen LogP contribution in [0.1, 0.15) is 12.8 Å². The Labute approximate surface area is 209 Å². The summed E-state index contributed by atoms with van der Waals surface area (Å²) in [5, 5.41) is 2.62. The minimum absolute atomic E-state index is 0.0803. The van der Waals surface area contributed by atoms with E-state index >= 15 is 0 Å². The Morgan fingerprint density at radius 1 is 1.28 bits per heavy atom. The first kappa shape index (κ1) is 25.1. The lowest BCUT2D eigenvalue weighted by atomic mass is 9.98. The second-order valence-corrected chi connectivity index (χ2v) is 8.39. The molecule has 1 aliphatic rings. The number of carbonyl (C=O) groups excluding carboxylic acids is 2. The Kier molecular flexibility index (Phi) is 7.20. The van der Waals surface area contributed by atoms with Crippen molar-refractivity contribution in [1.82, 2.24) is 14.9 Å². The molecule has 0 spiro atoms. The summed E-state index contributed by atoms with van der Waals surface area (Å²) in [5.74, 6) is -1.99. The Balaban J connectivity index is 1.66. The Bertz CT molecular complexity index is 1360. The van der Waals surface area contributed by atoms with Gasteiger partial charge >= 0.3 is 0 Å². The van der Waals surface area contributed by atoms with Crippen LogP contribution in [0, 0.1) is 11.6 Å². The third kappa shape index (κ3) is 4.87. The number of nitrogens with zero attached hydrogens (tertiary/aromatic N) is 3. The minimum Gasteiger partial charge on any atom is -0.493 e. The normalized spacial score (nSPS) is 17.5. The largest absolute Gasteiger partial charge is 0.493 e. The van der Waals surface area contributed by atoms with Crippen molar-refractivity contribution in [2.24, 2.45) is 5.73 Å². The molecule has 2 aromatic carbocycles. The molecule has 1 saturated heterocycles. The van der Waals surface area contributed by atoms with Crippen molar-refractivity contribution in [2.75, 3.05) is 19.0 Å². The lowest BCUT2D eigenvalue weighted by Crippen LogP contribution is -2.54. The van der Waals surface area contributed by atoms with Crippen LogP contribution in [-0.4, -0.2) is 52.5 Å². The van der Waals surface area contributed by atoms with Gasteiger partial charge in [0.2, 0.25) is 11.8 Å². The van der Waals surface area contributed by atoms with Crippen LogP contribution in [0.3, 0.4) is 0 Å². The zero-order valence-electron chi connectivity index (χ0n) is 19.1. The monoisotopic (exact) mass is 517 g/mol. The van der Waals surface area contributed by atoms with Gasteiger partial charge in [-0.3, -0.25) is 9.59 Å². The number of likely N-dealkylation sites (tertiary alicyclic amines) is 1. The molecule has 0 aliphatic carbocycles. The van der Waals surface area contributed by atoms with Gasteiger partial charge in [0.05, 0.1) is 18.3 Å². The van der Waals surface area contributed by atoms with Crippen molar-refractivity contribution in [3.8, 4) is 11.5 Å². The Morgan fingerprint density at radius 3 is 2.75 bits per heavy atom. The molecule has 9 nitrogen and oxygen atoms in total. The zero-order valence-corrected chi connectivity index (χ0v) is 19.9. The number of anilines is 2. The third-order valence-electron chi connectivity index (χ3n) is 5.84. The molecule has 0 saturated carbocycles. The van der Waals surface area contributed by atoms with Gasteiger partial charge in [0.1, 0.15) is 35.1 Å². The highest BCUT2D eigenvalue weighted by Crippen LogP contribution is 2.37. The highest BCUT2D eigenvalue weighted by atomic mass is 35.5. The molecule has 1 fully saturated rings. The van der Waals surface area contributed by atoms with Crippen molar-refractivity contribution in [1.29, 1.82) is 0 Å². The number of primary amides is 1. The van der Waals surface area contributed by atoms with E-state index in [1.807, 2.05) is 0 Å². The van der Waals surface area contributed by atoms with Crippen molar-refractivity contribution in [3.63, 3.8) is 0 Å². The van der Waals surface area contributed by atoms with E-state index in [-0.39, 0.29) is 30.4 Å². The average molecular weight is 518 g/mol. The van der Waals surface area contributed by atoms with Crippen molar-refractivity contribution in [3.05, 3.63) is 59.9 Å². The number of fused-ring (bicyclic) bond motifs is 1. The van der Waals surface area contributed by atoms with Gasteiger partial charge in [-0.2, -0.15) is 0 Å². The van der Waals surface area contributed by atoms with Crippen molar-refractivity contribution < 1.29 is 27.8 Å². The Morgan fingerprint density at radius 2 is 2.06 bits per heavy atom. The maximum atomic E-state index is 14.5. The summed E-state index contributed by atoms with van der Waals surface area (Å²) in [5.41, 5.74) is 5.91. The summed E-state index contributed by atoms with van der Waals surface area (Å²) >= 11 is 5.69. The quantitative estimate of drug-likeness (QED) is 0.362. The maximum absolute atomic E-state index is 14.5. The van der Waals surface area contributed by atoms with Gasteiger partial charge in [-0.25, -0.2) is 18.7 Å². The van der Waals surface area contributed by atoms with Gasteiger partial charge in [-0.15, -0.1) is 0 Å². The molecule has 36 heavy (non-hydrogen) atoms. The molecule has 2 heterocycles. The standard InChI is InChI=1S/C24H22ClF2N5O4/c1-3-20(33)32-7-6-12(8-17(32)23(28)34)36-19-9-13-16(10-18(19)35-2)29-11-30-24(13)31-15-5-4-14(26)21(25)22(15)27/h3-5,9-12,17H,1,6-8H2,2H3,(H2,28,34)(H,29,30,31)/t12-,17-/m1/s1. The molecule has 12 heteroatoms. The van der Waals surface area contributed by atoms with Crippen molar-refractivity contribution >= 4 is 45.8 Å². The van der Waals surface area contributed by atoms with Gasteiger partial charge in [-0.1, -0.05) is 18.2 Å². The van der Waals surface area contributed by atoms with Gasteiger partial charge in [0, 0.05) is 30.8 Å². The second kappa shape index (κ2) is 10.3. The van der Waals surface area contributed by atoms with Crippen LogP contribution in [0.4, 0.5) is 20.3 Å². The molecule has 188 valence electrons. The third-order valence-corrected chi connectivity index (χ3v) is 6.19. The van der Waals surface area contributed by atoms with E-state index in [1.54, 1.807) is 12.1 Å². The molecule has 0 radical (unpaired) electrons. The first-order valence-corrected chi connectivity index (χ1v) is 11.2. The van der Waals surface area contributed by atoms with E-state index in [0.717, 1.165) is 12.1 Å². The van der Waals surface area contributed by atoms with E-state index in [2.05, 4.69) is 21.9 Å². The summed E-state index contributed by atoms with van der Waals surface area (Å²) < 4.78 is 39.7. The van der Waals surface area contributed by atoms with Crippen LogP contribution in [0.15, 0.2) is 43.2 Å². The van der Waals surface area contributed by atoms with Crippen LogP contribution < -0.4 is 20.5 Å². The summed E-state index contributed by atoms with van der Waals surface area (Å²) in [6.45, 7) is 3.71. The number of aromatic nitrogens is 2. The average Bonchev–Trinajstić information content (AvgIpc) is 2.88. The SMILES string of the molecule is C=CC(=O)N1CC[C@@H](Oc2cc3c(Nc4ccc(F)c(Cl)c4F)ncnc3cc2OC)C[C@@H]1C(N)=O. The number of nitrogens with one attached hydrogen (secondary N) is 1. The second-order valence-electron chi connectivity index (χ2n) is 8.01. The number of rotatable bonds is 7. The van der Waals surface area contributed by atoms with Gasteiger partial charge in [-0.05, 0) is 24.3 Å². The summed E-state index contributed by atoms with van der Waals surface area (Å²) in [7, 11) is 1.46. The highest BCUT2D eigenvalue weighted by Gasteiger charge is 2.35. The molecule has 4 rings (SSSR count). The van der Waals surface area contributed by atoms with Gasteiger partial charge < -0.3 is 25.4 Å². The molecule has 1 aromatic heterocycles. The van der Waals surface area contributed by atoms with Crippen LogP contribution >= 0.6 is 11.6 Å². The van der Waals surface area contributed by atoms with Crippen LogP contribution in [0.25, 0.3) is 10.9 Å². The topological polar surface area (TPSA) is 120 Å². The number of piperidine rings is 1. The number of hydrogen-bond acceptors (Lipinski definition) is 7. The molecule has 0 unspecified atom stereocenters. The van der Waals surface area contributed by atoms with Gasteiger partial charge in [0.15, 0.2) is 17.3 Å². The first-order chi connectivity index (χ1) is 17.2. The fourth-order valence-electron chi connectivity index (χ4n) is 4.04. The molecule has 1 aliphatic heterocycles. The Hall–Kier alpha value is -3.99. The summed E-state index contributed by atoms with van der Waals surface area (Å²) in [6.07, 6.45) is 2.55. The lowest BCUT2D eigenvalue weighted by molar-refractivity contribution is -0.139. The van der Waals surface area contributed by atoms with E-state index in [0.29, 0.717) is 28.8 Å². The predicted molar refractivity (Wildman–Crippen MR) is 129 cm³/mol. The number of nitrogens with two attached hydrogens (primary N) is 1. The predicted octanol–water partition coefficient (Wildman–Crippen LogP) is 3.72. The zero-order chi connectivity index (χ0) is 26.0. The van der Waals surface area contributed by atoms with Gasteiger partial charge in [0.25, 0.3) is 0 Å².